The van der Waals surface area contributed by atoms with Crippen molar-refractivity contribution >= 4 is 22.4 Å². The van der Waals surface area contributed by atoms with E-state index in [9.17, 15) is 0 Å². The third kappa shape index (κ3) is 2.06. The monoisotopic (exact) mass is 276 g/mol. The lowest BCUT2D eigenvalue weighted by atomic mass is 10.1. The Hall–Kier alpha value is -3.02. The van der Waals surface area contributed by atoms with Gasteiger partial charge >= 0.3 is 0 Å². The Kier molecular flexibility index (Phi) is 2.53. The maximum absolute atomic E-state index is 5.72. The normalized spacial score (nSPS) is 11.2. The molecular formula is C15H12N6. The molecule has 0 saturated heterocycles. The topological polar surface area (TPSA) is 82.0 Å². The summed E-state index contributed by atoms with van der Waals surface area (Å²) < 4.78 is 1.68. The lowest BCUT2D eigenvalue weighted by molar-refractivity contribution is 0.844. The first-order chi connectivity index (χ1) is 10.3. The number of hydrogen-bond acceptors (Lipinski definition) is 5. The van der Waals surface area contributed by atoms with Crippen molar-refractivity contribution < 1.29 is 0 Å². The first-order valence-corrected chi connectivity index (χ1v) is 6.60. The van der Waals surface area contributed by atoms with E-state index in [2.05, 4.69) is 26.3 Å². The standard InChI is InChI=1S/C15H12N6/c16-13-5-6-14-18-19-15(21(14)20-13)9-10-3-4-12-11(8-10)2-1-7-17-12/h1-8H,9H2,(H2,16,20). The lowest BCUT2D eigenvalue weighted by Crippen LogP contribution is -2.02. The van der Waals surface area contributed by atoms with E-state index in [4.69, 9.17) is 5.73 Å². The SMILES string of the molecule is Nc1ccc2nnc(Cc3ccc4ncccc4c3)n2n1. The molecule has 6 heteroatoms. The smallest absolute Gasteiger partial charge is 0.178 e. The third-order valence-electron chi connectivity index (χ3n) is 3.38. The molecule has 0 unspecified atom stereocenters. The van der Waals surface area contributed by atoms with E-state index in [0.717, 1.165) is 22.3 Å². The number of nitrogens with zero attached hydrogens (tertiary/aromatic N) is 5. The van der Waals surface area contributed by atoms with E-state index in [1.165, 1.54) is 0 Å². The molecule has 0 atom stereocenters. The molecular weight excluding hydrogens is 264 g/mol. The molecule has 4 rings (SSSR count). The quantitative estimate of drug-likeness (QED) is 0.604. The van der Waals surface area contributed by atoms with E-state index in [0.29, 0.717) is 17.9 Å². The van der Waals surface area contributed by atoms with Gasteiger partial charge in [-0.3, -0.25) is 4.98 Å². The molecule has 1 aromatic carbocycles. The van der Waals surface area contributed by atoms with Crippen molar-refractivity contribution in [3.63, 3.8) is 0 Å². The van der Waals surface area contributed by atoms with Crippen molar-refractivity contribution in [2.45, 2.75) is 6.42 Å². The van der Waals surface area contributed by atoms with Gasteiger partial charge in [-0.05, 0) is 35.9 Å². The van der Waals surface area contributed by atoms with Gasteiger partial charge in [0.2, 0.25) is 0 Å². The Labute approximate surface area is 120 Å². The minimum atomic E-state index is 0.450. The Bertz CT molecular complexity index is 943. The summed E-state index contributed by atoms with van der Waals surface area (Å²) in [5.74, 6) is 1.21. The molecule has 3 aromatic heterocycles. The molecule has 3 heterocycles. The molecule has 4 aromatic rings. The molecule has 0 spiro atoms. The second-order valence-electron chi connectivity index (χ2n) is 4.85. The van der Waals surface area contributed by atoms with Gasteiger partial charge in [-0.2, -0.15) is 4.52 Å². The van der Waals surface area contributed by atoms with Crippen LogP contribution in [-0.4, -0.2) is 24.8 Å². The number of hydrogen-bond donors (Lipinski definition) is 1. The summed E-state index contributed by atoms with van der Waals surface area (Å²) in [4.78, 5) is 4.32. The molecule has 0 aliphatic rings. The minimum absolute atomic E-state index is 0.450. The van der Waals surface area contributed by atoms with Crippen molar-refractivity contribution in [3.8, 4) is 0 Å². The molecule has 6 nitrogen and oxygen atoms in total. The van der Waals surface area contributed by atoms with E-state index in [-0.39, 0.29) is 0 Å². The van der Waals surface area contributed by atoms with Crippen LogP contribution in [0.3, 0.4) is 0 Å². The van der Waals surface area contributed by atoms with Crippen LogP contribution < -0.4 is 5.73 Å². The Balaban J connectivity index is 1.77. The fraction of sp³-hybridized carbons (Fsp3) is 0.0667. The van der Waals surface area contributed by atoms with Crippen LogP contribution in [0.5, 0.6) is 0 Å². The number of nitrogens with two attached hydrogens (primary N) is 1. The number of rotatable bonds is 2. The van der Waals surface area contributed by atoms with Gasteiger partial charge in [-0.15, -0.1) is 15.3 Å². The maximum Gasteiger partial charge on any atom is 0.178 e. The van der Waals surface area contributed by atoms with E-state index in [1.54, 1.807) is 16.8 Å². The zero-order chi connectivity index (χ0) is 14.2. The largest absolute Gasteiger partial charge is 0.382 e. The molecule has 21 heavy (non-hydrogen) atoms. The van der Waals surface area contributed by atoms with Gasteiger partial charge < -0.3 is 5.73 Å². The van der Waals surface area contributed by atoms with E-state index < -0.39 is 0 Å². The molecule has 2 N–H and O–H groups in total. The van der Waals surface area contributed by atoms with Crippen molar-refractivity contribution in [1.29, 1.82) is 0 Å². The van der Waals surface area contributed by atoms with Crippen molar-refractivity contribution in [2.75, 3.05) is 5.73 Å². The van der Waals surface area contributed by atoms with Crippen LogP contribution in [0.15, 0.2) is 48.7 Å². The second kappa shape index (κ2) is 4.52. The predicted octanol–water partition coefficient (Wildman–Crippen LogP) is 1.85. The molecule has 0 fully saturated rings. The molecule has 102 valence electrons. The maximum atomic E-state index is 5.72. The molecule has 0 radical (unpaired) electrons. The molecule has 0 bridgehead atoms. The van der Waals surface area contributed by atoms with Crippen LogP contribution in [0, 0.1) is 0 Å². The number of benzene rings is 1. The minimum Gasteiger partial charge on any atom is -0.382 e. The predicted molar refractivity (Wildman–Crippen MR) is 79.7 cm³/mol. The zero-order valence-electron chi connectivity index (χ0n) is 11.1. The van der Waals surface area contributed by atoms with Crippen LogP contribution in [0.2, 0.25) is 0 Å². The fourth-order valence-electron chi connectivity index (χ4n) is 2.38. The Morgan fingerprint density at radius 1 is 1.05 bits per heavy atom. The Morgan fingerprint density at radius 3 is 2.95 bits per heavy atom. The summed E-state index contributed by atoms with van der Waals surface area (Å²) in [7, 11) is 0. The van der Waals surface area contributed by atoms with Gasteiger partial charge in [0.25, 0.3) is 0 Å². The van der Waals surface area contributed by atoms with Crippen LogP contribution in [0.1, 0.15) is 11.4 Å². The van der Waals surface area contributed by atoms with E-state index >= 15 is 0 Å². The summed E-state index contributed by atoms with van der Waals surface area (Å²) in [5.41, 5.74) is 8.53. The van der Waals surface area contributed by atoms with Gasteiger partial charge in [-0.25, -0.2) is 0 Å². The summed E-state index contributed by atoms with van der Waals surface area (Å²) in [5, 5.41) is 13.7. The summed E-state index contributed by atoms with van der Waals surface area (Å²) in [6, 6.07) is 13.7. The number of aromatic nitrogens is 5. The highest BCUT2D eigenvalue weighted by molar-refractivity contribution is 5.78. The second-order valence-corrected chi connectivity index (χ2v) is 4.85. The summed E-state index contributed by atoms with van der Waals surface area (Å²) >= 11 is 0. The number of fused-ring (bicyclic) bond motifs is 2. The first kappa shape index (κ1) is 11.8. The molecule has 0 aliphatic heterocycles. The van der Waals surface area contributed by atoms with Gasteiger partial charge in [0.05, 0.1) is 5.52 Å². The van der Waals surface area contributed by atoms with Crippen LogP contribution in [0.4, 0.5) is 5.82 Å². The highest BCUT2D eigenvalue weighted by Gasteiger charge is 2.08. The first-order valence-electron chi connectivity index (χ1n) is 6.60. The number of anilines is 1. The number of nitrogen functional groups attached to an aromatic ring is 1. The average Bonchev–Trinajstić information content (AvgIpc) is 2.89. The van der Waals surface area contributed by atoms with Gasteiger partial charge in [-0.1, -0.05) is 12.1 Å². The van der Waals surface area contributed by atoms with Gasteiger partial charge in [0.1, 0.15) is 5.82 Å². The van der Waals surface area contributed by atoms with Crippen LogP contribution in [-0.2, 0) is 6.42 Å². The van der Waals surface area contributed by atoms with Crippen LogP contribution >= 0.6 is 0 Å². The van der Waals surface area contributed by atoms with Crippen molar-refractivity contribution in [1.82, 2.24) is 24.8 Å². The molecule has 0 aliphatic carbocycles. The lowest BCUT2D eigenvalue weighted by Gasteiger charge is -2.02. The van der Waals surface area contributed by atoms with Gasteiger partial charge in [0, 0.05) is 18.0 Å². The Morgan fingerprint density at radius 2 is 2.00 bits per heavy atom. The third-order valence-corrected chi connectivity index (χ3v) is 3.38. The van der Waals surface area contributed by atoms with Crippen molar-refractivity contribution in [2.24, 2.45) is 0 Å². The van der Waals surface area contributed by atoms with Gasteiger partial charge in [0.15, 0.2) is 11.5 Å². The van der Waals surface area contributed by atoms with Crippen molar-refractivity contribution in [3.05, 3.63) is 60.0 Å². The average molecular weight is 276 g/mol. The highest BCUT2D eigenvalue weighted by Crippen LogP contribution is 2.16. The fourth-order valence-corrected chi connectivity index (χ4v) is 2.38. The summed E-state index contributed by atoms with van der Waals surface area (Å²) in [6.07, 6.45) is 2.43. The van der Waals surface area contributed by atoms with E-state index in [1.807, 2.05) is 30.3 Å². The highest BCUT2D eigenvalue weighted by atomic mass is 15.4. The zero-order valence-corrected chi connectivity index (χ0v) is 11.1. The van der Waals surface area contributed by atoms with Crippen LogP contribution in [0.25, 0.3) is 16.6 Å². The number of pyridine rings is 1. The summed E-state index contributed by atoms with van der Waals surface area (Å²) in [6.45, 7) is 0. The molecule has 0 amide bonds. The molecule has 0 saturated carbocycles.